The van der Waals surface area contributed by atoms with Gasteiger partial charge in [0.25, 0.3) is 0 Å². The van der Waals surface area contributed by atoms with Crippen LogP contribution in [0.1, 0.15) is 12.8 Å². The third-order valence-corrected chi connectivity index (χ3v) is 1.24. The summed E-state index contributed by atoms with van der Waals surface area (Å²) in [6, 6.07) is -0.340. The minimum absolute atomic E-state index is 0.0633. The molecule has 1 rings (SSSR count). The molecule has 0 heterocycles. The topological polar surface area (TPSA) is 46.5 Å². The van der Waals surface area contributed by atoms with E-state index in [1.54, 1.807) is 0 Å². The van der Waals surface area contributed by atoms with Crippen LogP contribution in [0.25, 0.3) is 0 Å². The summed E-state index contributed by atoms with van der Waals surface area (Å²) in [5.74, 6) is 0.0633. The fraction of sp³-hybridized carbons (Fsp3) is 0.600. The maximum absolute atomic E-state index is 10.3. The van der Waals surface area contributed by atoms with Crippen molar-refractivity contribution in [2.75, 3.05) is 0 Å². The smallest absolute Gasteiger partial charge is 0.235 e. The second-order valence-corrected chi connectivity index (χ2v) is 1.74. The SMILES string of the molecule is O=C=NC1CCC1=O. The summed E-state index contributed by atoms with van der Waals surface area (Å²) in [5, 5.41) is 0. The Balaban J connectivity index is 2.49. The van der Waals surface area contributed by atoms with Crippen LogP contribution in [0, 0.1) is 0 Å². The Morgan fingerprint density at radius 3 is 2.62 bits per heavy atom. The van der Waals surface area contributed by atoms with E-state index in [4.69, 9.17) is 0 Å². The zero-order valence-corrected chi connectivity index (χ0v) is 4.26. The Hall–Kier alpha value is -0.950. The molecule has 0 N–H and O–H groups in total. The summed E-state index contributed by atoms with van der Waals surface area (Å²) in [7, 11) is 0. The lowest BCUT2D eigenvalue weighted by Gasteiger charge is -2.16. The number of nitrogens with zero attached hydrogens (tertiary/aromatic N) is 1. The van der Waals surface area contributed by atoms with Crippen LogP contribution < -0.4 is 0 Å². The molecule has 1 unspecified atom stereocenters. The highest BCUT2D eigenvalue weighted by atomic mass is 16.1. The van der Waals surface area contributed by atoms with Crippen molar-refractivity contribution in [1.82, 2.24) is 0 Å². The molecule has 8 heavy (non-hydrogen) atoms. The molecule has 0 saturated heterocycles. The summed E-state index contributed by atoms with van der Waals surface area (Å²) < 4.78 is 0. The number of carbonyl (C=O) groups is 1. The van der Waals surface area contributed by atoms with Crippen molar-refractivity contribution in [3.63, 3.8) is 0 Å². The lowest BCUT2D eigenvalue weighted by atomic mass is 9.92. The number of hydrogen-bond donors (Lipinski definition) is 0. The molecular weight excluding hydrogens is 106 g/mol. The van der Waals surface area contributed by atoms with Crippen molar-refractivity contribution < 1.29 is 9.59 Å². The van der Waals surface area contributed by atoms with Gasteiger partial charge in [0, 0.05) is 6.42 Å². The first-order valence-corrected chi connectivity index (χ1v) is 2.44. The van der Waals surface area contributed by atoms with Gasteiger partial charge < -0.3 is 0 Å². The van der Waals surface area contributed by atoms with E-state index in [1.165, 1.54) is 6.08 Å². The van der Waals surface area contributed by atoms with Crippen molar-refractivity contribution in [3.8, 4) is 0 Å². The molecule has 0 amide bonds. The third-order valence-electron chi connectivity index (χ3n) is 1.24. The highest BCUT2D eigenvalue weighted by molar-refractivity contribution is 5.90. The third kappa shape index (κ3) is 0.678. The normalized spacial score (nSPS) is 26.0. The molecule has 1 aliphatic carbocycles. The van der Waals surface area contributed by atoms with Gasteiger partial charge in [-0.15, -0.1) is 0 Å². The first-order chi connectivity index (χ1) is 3.84. The molecule has 0 bridgehead atoms. The average molecular weight is 111 g/mol. The Kier molecular flexibility index (Phi) is 1.22. The second-order valence-electron chi connectivity index (χ2n) is 1.74. The molecule has 1 saturated carbocycles. The highest BCUT2D eigenvalue weighted by Gasteiger charge is 2.26. The molecule has 0 radical (unpaired) electrons. The number of Topliss-reactive ketones (excluding diaryl/α,β-unsaturated/α-hetero) is 1. The molecule has 1 aliphatic rings. The van der Waals surface area contributed by atoms with Crippen LogP contribution in [0.4, 0.5) is 0 Å². The standard InChI is InChI=1S/C5H5NO2/c7-3-6-4-1-2-5(4)8/h4H,1-2H2. The van der Waals surface area contributed by atoms with Gasteiger partial charge in [-0.1, -0.05) is 0 Å². The van der Waals surface area contributed by atoms with Crippen LogP contribution in [0.15, 0.2) is 4.99 Å². The van der Waals surface area contributed by atoms with Gasteiger partial charge in [-0.2, -0.15) is 4.99 Å². The predicted molar refractivity (Wildman–Crippen MR) is 26.2 cm³/mol. The lowest BCUT2D eigenvalue weighted by molar-refractivity contribution is -0.125. The lowest BCUT2D eigenvalue weighted by Crippen LogP contribution is -2.29. The molecule has 42 valence electrons. The number of ketones is 1. The van der Waals surface area contributed by atoms with Crippen molar-refractivity contribution in [2.24, 2.45) is 4.99 Å². The van der Waals surface area contributed by atoms with Crippen molar-refractivity contribution in [1.29, 1.82) is 0 Å². The van der Waals surface area contributed by atoms with E-state index in [9.17, 15) is 9.59 Å². The molecular formula is C5H5NO2. The van der Waals surface area contributed by atoms with Gasteiger partial charge in [-0.05, 0) is 6.42 Å². The van der Waals surface area contributed by atoms with Crippen LogP contribution in [-0.2, 0) is 9.59 Å². The van der Waals surface area contributed by atoms with Crippen molar-refractivity contribution in [3.05, 3.63) is 0 Å². The van der Waals surface area contributed by atoms with Gasteiger partial charge in [-0.3, -0.25) is 4.79 Å². The van der Waals surface area contributed by atoms with Crippen LogP contribution in [0.3, 0.4) is 0 Å². The van der Waals surface area contributed by atoms with Gasteiger partial charge in [0.15, 0.2) is 5.78 Å². The Morgan fingerprint density at radius 1 is 1.75 bits per heavy atom. The zero-order chi connectivity index (χ0) is 5.98. The Bertz CT molecular complexity index is 156. The Morgan fingerprint density at radius 2 is 2.50 bits per heavy atom. The predicted octanol–water partition coefficient (Wildman–Crippen LogP) is 0.0537. The number of hydrogen-bond acceptors (Lipinski definition) is 3. The maximum Gasteiger partial charge on any atom is 0.235 e. The molecule has 3 nitrogen and oxygen atoms in total. The molecule has 0 aromatic carbocycles. The van der Waals surface area contributed by atoms with Crippen LogP contribution in [0.2, 0.25) is 0 Å². The maximum atomic E-state index is 10.3. The summed E-state index contributed by atoms with van der Waals surface area (Å²) in [6.07, 6.45) is 2.66. The van der Waals surface area contributed by atoms with Crippen molar-refractivity contribution in [2.45, 2.75) is 18.9 Å². The second kappa shape index (κ2) is 1.88. The summed E-state index contributed by atoms with van der Waals surface area (Å²) in [4.78, 5) is 23.1. The molecule has 1 atom stereocenters. The van der Waals surface area contributed by atoms with Crippen LogP contribution >= 0.6 is 0 Å². The van der Waals surface area contributed by atoms with Gasteiger partial charge in [0.1, 0.15) is 6.04 Å². The average Bonchev–Trinajstić information content (AvgIpc) is 1.79. The monoisotopic (exact) mass is 111 g/mol. The number of aliphatic imine (C=N–C) groups is 1. The van der Waals surface area contributed by atoms with Crippen LogP contribution in [0.5, 0.6) is 0 Å². The summed E-state index contributed by atoms with van der Waals surface area (Å²) in [5.41, 5.74) is 0. The summed E-state index contributed by atoms with van der Waals surface area (Å²) >= 11 is 0. The first-order valence-electron chi connectivity index (χ1n) is 2.44. The molecule has 1 fully saturated rings. The van der Waals surface area contributed by atoms with Gasteiger partial charge in [0.2, 0.25) is 6.08 Å². The molecule has 0 aromatic rings. The van der Waals surface area contributed by atoms with E-state index in [0.717, 1.165) is 6.42 Å². The van der Waals surface area contributed by atoms with E-state index in [-0.39, 0.29) is 11.8 Å². The Labute approximate surface area is 46.4 Å². The molecule has 3 heteroatoms. The largest absolute Gasteiger partial charge is 0.297 e. The van der Waals surface area contributed by atoms with E-state index in [2.05, 4.69) is 4.99 Å². The first kappa shape index (κ1) is 5.19. The molecule has 0 aliphatic heterocycles. The fourth-order valence-corrected chi connectivity index (χ4v) is 0.591. The number of carbonyl (C=O) groups excluding carboxylic acids is 2. The number of rotatable bonds is 1. The van der Waals surface area contributed by atoms with Crippen molar-refractivity contribution >= 4 is 11.9 Å². The number of isocyanates is 1. The minimum Gasteiger partial charge on any atom is -0.297 e. The fourth-order valence-electron chi connectivity index (χ4n) is 0.591. The summed E-state index contributed by atoms with van der Waals surface area (Å²) in [6.45, 7) is 0. The highest BCUT2D eigenvalue weighted by Crippen LogP contribution is 2.16. The van der Waals surface area contributed by atoms with Gasteiger partial charge >= 0.3 is 0 Å². The quantitative estimate of drug-likeness (QED) is 0.354. The minimum atomic E-state index is -0.340. The van der Waals surface area contributed by atoms with E-state index in [0.29, 0.717) is 6.42 Å². The molecule has 0 spiro atoms. The van der Waals surface area contributed by atoms with Gasteiger partial charge in [-0.25, -0.2) is 4.79 Å². The zero-order valence-electron chi connectivity index (χ0n) is 4.26. The van der Waals surface area contributed by atoms with Gasteiger partial charge in [0.05, 0.1) is 0 Å². The molecule has 0 aromatic heterocycles. The van der Waals surface area contributed by atoms with E-state index >= 15 is 0 Å². The van der Waals surface area contributed by atoms with E-state index < -0.39 is 0 Å². The van der Waals surface area contributed by atoms with E-state index in [1.807, 2.05) is 0 Å². The van der Waals surface area contributed by atoms with Crippen LogP contribution in [-0.4, -0.2) is 17.9 Å².